The van der Waals surface area contributed by atoms with Crippen LogP contribution in [-0.4, -0.2) is 38.7 Å². The molecular formula is C23H18F6N2O4S. The molecule has 0 bridgehead atoms. The molecule has 2 aromatic rings. The van der Waals surface area contributed by atoms with E-state index < -0.39 is 46.2 Å². The molecule has 0 aliphatic carbocycles. The fourth-order valence-corrected chi connectivity index (χ4v) is 4.20. The number of hydrogen-bond acceptors (Lipinski definition) is 5. The van der Waals surface area contributed by atoms with Crippen molar-refractivity contribution in [1.29, 1.82) is 0 Å². The van der Waals surface area contributed by atoms with Crippen LogP contribution in [-0.2, 0) is 21.9 Å². The number of aliphatic carboxylic acids is 1. The highest BCUT2D eigenvalue weighted by atomic mass is 32.2. The van der Waals surface area contributed by atoms with Gasteiger partial charge in [0.15, 0.2) is 0 Å². The highest BCUT2D eigenvalue weighted by Crippen LogP contribution is 2.38. The molecule has 2 amide bonds. The maximum absolute atomic E-state index is 13.2. The van der Waals surface area contributed by atoms with E-state index in [1.807, 2.05) is 0 Å². The fourth-order valence-electron chi connectivity index (χ4n) is 3.35. The number of aromatic nitrogens is 1. The molecule has 192 valence electrons. The molecule has 1 aliphatic rings. The van der Waals surface area contributed by atoms with Gasteiger partial charge in [-0.3, -0.25) is 19.3 Å². The van der Waals surface area contributed by atoms with Gasteiger partial charge >= 0.3 is 18.3 Å². The van der Waals surface area contributed by atoms with Crippen LogP contribution >= 0.6 is 11.8 Å². The number of hydrogen-bond donors (Lipinski definition) is 1. The van der Waals surface area contributed by atoms with Crippen LogP contribution < -0.4 is 0 Å². The number of alkyl halides is 6. The zero-order valence-electron chi connectivity index (χ0n) is 18.3. The van der Waals surface area contributed by atoms with Gasteiger partial charge < -0.3 is 5.11 Å². The van der Waals surface area contributed by atoms with Crippen molar-refractivity contribution in [3.63, 3.8) is 0 Å². The second kappa shape index (κ2) is 10.7. The Labute approximate surface area is 205 Å². The Morgan fingerprint density at radius 1 is 0.972 bits per heavy atom. The van der Waals surface area contributed by atoms with Crippen LogP contribution in [0.4, 0.5) is 31.1 Å². The molecule has 0 atom stereocenters. The Bertz CT molecular complexity index is 1180. The molecule has 3 rings (SSSR count). The summed E-state index contributed by atoms with van der Waals surface area (Å²) >= 11 is 0.626. The summed E-state index contributed by atoms with van der Waals surface area (Å²) in [5.41, 5.74) is -3.50. The molecule has 1 N–H and O–H groups in total. The predicted molar refractivity (Wildman–Crippen MR) is 118 cm³/mol. The second-order valence-electron chi connectivity index (χ2n) is 7.78. The quantitative estimate of drug-likeness (QED) is 0.238. The van der Waals surface area contributed by atoms with E-state index in [2.05, 4.69) is 4.98 Å². The third-order valence-electron chi connectivity index (χ3n) is 5.08. The van der Waals surface area contributed by atoms with E-state index in [9.17, 15) is 40.7 Å². The van der Waals surface area contributed by atoms with Gasteiger partial charge in [0.05, 0.1) is 27.4 Å². The van der Waals surface area contributed by atoms with Gasteiger partial charge in [-0.05, 0) is 61.0 Å². The highest BCUT2D eigenvalue weighted by Gasteiger charge is 2.37. The van der Waals surface area contributed by atoms with Crippen molar-refractivity contribution in [2.24, 2.45) is 0 Å². The maximum Gasteiger partial charge on any atom is 0.416 e. The SMILES string of the molecule is O=C(O)CCCCCN1C(=O)SC(=Cc2cccc(-c3cc(C(F)(F)F)cc(C(F)(F)F)c3)n2)C1=O. The molecule has 1 aromatic carbocycles. The van der Waals surface area contributed by atoms with Crippen LogP contribution in [0.25, 0.3) is 17.3 Å². The molecule has 0 unspecified atom stereocenters. The van der Waals surface area contributed by atoms with E-state index in [1.165, 1.54) is 24.3 Å². The number of unbranched alkanes of at least 4 members (excludes halogenated alkanes) is 2. The molecule has 1 saturated heterocycles. The number of pyridine rings is 1. The molecule has 13 heteroatoms. The predicted octanol–water partition coefficient (Wildman–Crippen LogP) is 6.47. The smallest absolute Gasteiger partial charge is 0.416 e. The van der Waals surface area contributed by atoms with Gasteiger partial charge in [0.25, 0.3) is 11.1 Å². The summed E-state index contributed by atoms with van der Waals surface area (Å²) in [6.07, 6.45) is -7.53. The first-order chi connectivity index (χ1) is 16.8. The minimum absolute atomic E-state index is 0.00444. The molecular weight excluding hydrogens is 514 g/mol. The molecule has 0 radical (unpaired) electrons. The van der Waals surface area contributed by atoms with Gasteiger partial charge in [-0.25, -0.2) is 4.98 Å². The van der Waals surface area contributed by atoms with E-state index in [-0.39, 0.29) is 35.3 Å². The monoisotopic (exact) mass is 532 g/mol. The molecule has 0 spiro atoms. The third kappa shape index (κ3) is 6.86. The largest absolute Gasteiger partial charge is 0.481 e. The minimum Gasteiger partial charge on any atom is -0.481 e. The summed E-state index contributed by atoms with van der Waals surface area (Å²) in [6, 6.07) is 5.11. The first-order valence-electron chi connectivity index (χ1n) is 10.5. The van der Waals surface area contributed by atoms with E-state index in [4.69, 9.17) is 5.11 Å². The van der Waals surface area contributed by atoms with Crippen molar-refractivity contribution >= 4 is 35.0 Å². The average Bonchev–Trinajstić information content (AvgIpc) is 3.04. The van der Waals surface area contributed by atoms with Crippen LogP contribution in [0.15, 0.2) is 41.3 Å². The van der Waals surface area contributed by atoms with Gasteiger partial charge in [-0.1, -0.05) is 12.5 Å². The molecule has 1 aliphatic heterocycles. The number of benzene rings is 1. The van der Waals surface area contributed by atoms with Crippen molar-refractivity contribution in [2.75, 3.05) is 6.54 Å². The topological polar surface area (TPSA) is 87.6 Å². The number of amides is 2. The van der Waals surface area contributed by atoms with E-state index in [0.29, 0.717) is 43.2 Å². The lowest BCUT2D eigenvalue weighted by Crippen LogP contribution is -2.29. The minimum atomic E-state index is -5.01. The highest BCUT2D eigenvalue weighted by molar-refractivity contribution is 8.18. The summed E-state index contributed by atoms with van der Waals surface area (Å²) in [6.45, 7) is 0.0829. The van der Waals surface area contributed by atoms with Crippen LogP contribution in [0.5, 0.6) is 0 Å². The van der Waals surface area contributed by atoms with E-state index in [0.717, 1.165) is 4.90 Å². The summed E-state index contributed by atoms with van der Waals surface area (Å²) < 4.78 is 79.1. The Balaban J connectivity index is 1.83. The molecule has 36 heavy (non-hydrogen) atoms. The van der Waals surface area contributed by atoms with Gasteiger partial charge in [0.1, 0.15) is 0 Å². The third-order valence-corrected chi connectivity index (χ3v) is 5.99. The van der Waals surface area contributed by atoms with Crippen molar-refractivity contribution in [2.45, 2.75) is 38.0 Å². The molecule has 1 fully saturated rings. The van der Waals surface area contributed by atoms with Crippen LogP contribution in [0.3, 0.4) is 0 Å². The van der Waals surface area contributed by atoms with Crippen molar-refractivity contribution in [1.82, 2.24) is 9.88 Å². The number of rotatable bonds is 8. The number of imide groups is 1. The number of thioether (sulfide) groups is 1. The number of carboxylic acids is 1. The van der Waals surface area contributed by atoms with Crippen molar-refractivity contribution in [3.8, 4) is 11.3 Å². The molecule has 1 aromatic heterocycles. The number of carboxylic acid groups (broad SMARTS) is 1. The lowest BCUT2D eigenvalue weighted by molar-refractivity contribution is -0.143. The normalized spacial score (nSPS) is 15.7. The summed E-state index contributed by atoms with van der Waals surface area (Å²) in [4.78, 5) is 40.4. The first-order valence-corrected chi connectivity index (χ1v) is 11.3. The van der Waals surface area contributed by atoms with Crippen LogP contribution in [0, 0.1) is 0 Å². The standard InChI is InChI=1S/C23H18F6N2O4S/c24-22(25,26)14-9-13(10-15(11-14)23(27,28)29)17-6-4-5-16(30-17)12-18-20(34)31(21(35)36-18)8-3-1-2-7-19(32)33/h4-6,9-12H,1-3,7-8H2,(H,32,33). The zero-order chi connectivity index (χ0) is 26.7. The van der Waals surface area contributed by atoms with Gasteiger partial charge in [0.2, 0.25) is 0 Å². The Morgan fingerprint density at radius 3 is 2.19 bits per heavy atom. The fraction of sp³-hybridized carbons (Fsp3) is 0.304. The summed E-state index contributed by atoms with van der Waals surface area (Å²) in [7, 11) is 0. The van der Waals surface area contributed by atoms with Crippen LogP contribution in [0.1, 0.15) is 42.5 Å². The molecule has 2 heterocycles. The molecule has 6 nitrogen and oxygen atoms in total. The van der Waals surface area contributed by atoms with E-state index in [1.54, 1.807) is 0 Å². The van der Waals surface area contributed by atoms with E-state index >= 15 is 0 Å². The van der Waals surface area contributed by atoms with Gasteiger partial charge in [0, 0.05) is 18.5 Å². The lowest BCUT2D eigenvalue weighted by atomic mass is 10.0. The Hall–Kier alpha value is -3.35. The maximum atomic E-state index is 13.2. The lowest BCUT2D eigenvalue weighted by Gasteiger charge is -2.14. The average molecular weight is 532 g/mol. The Kier molecular flexibility index (Phi) is 8.12. The van der Waals surface area contributed by atoms with Crippen LogP contribution in [0.2, 0.25) is 0 Å². The summed E-state index contributed by atoms with van der Waals surface area (Å²) in [5.74, 6) is -1.56. The number of carbonyl (C=O) groups is 3. The number of nitrogens with zero attached hydrogens (tertiary/aromatic N) is 2. The molecule has 0 saturated carbocycles. The number of carbonyl (C=O) groups excluding carboxylic acids is 2. The first kappa shape index (κ1) is 27.2. The number of halogens is 6. The van der Waals surface area contributed by atoms with Crippen molar-refractivity contribution in [3.05, 3.63) is 58.1 Å². The summed E-state index contributed by atoms with van der Waals surface area (Å²) in [5, 5.41) is 8.09. The Morgan fingerprint density at radius 2 is 1.61 bits per heavy atom. The van der Waals surface area contributed by atoms with Gasteiger partial charge in [-0.15, -0.1) is 0 Å². The zero-order valence-corrected chi connectivity index (χ0v) is 19.1. The van der Waals surface area contributed by atoms with Gasteiger partial charge in [-0.2, -0.15) is 26.3 Å². The second-order valence-corrected chi connectivity index (χ2v) is 8.77. The van der Waals surface area contributed by atoms with Crippen molar-refractivity contribution < 1.29 is 45.8 Å².